The molecular weight excluding hydrogens is 584 g/mol. The van der Waals surface area contributed by atoms with Crippen molar-refractivity contribution in [3.05, 3.63) is 75.2 Å². The zero-order valence-electron chi connectivity index (χ0n) is 25.5. The fourth-order valence-corrected chi connectivity index (χ4v) is 6.21. The van der Waals surface area contributed by atoms with Crippen LogP contribution in [0, 0.1) is 20.8 Å². The number of benzene rings is 1. The van der Waals surface area contributed by atoms with E-state index in [4.69, 9.17) is 14.2 Å². The molecule has 12 heteroatoms. The van der Waals surface area contributed by atoms with Gasteiger partial charge in [0.2, 0.25) is 0 Å². The number of anilines is 1. The van der Waals surface area contributed by atoms with Crippen molar-refractivity contribution in [2.45, 2.75) is 53.5 Å². The number of aliphatic hydroxyl groups is 1. The highest BCUT2D eigenvalue weighted by molar-refractivity contribution is 7.17. The van der Waals surface area contributed by atoms with Crippen LogP contribution < -0.4 is 14.4 Å². The third-order valence-corrected chi connectivity index (χ3v) is 8.59. The predicted octanol–water partition coefficient (Wildman–Crippen LogP) is 5.71. The number of thiazole rings is 1. The summed E-state index contributed by atoms with van der Waals surface area (Å²) in [6, 6.07) is 7.80. The SMILES string of the molecule is CCCCOc1ccc(C2C(=C(O)c3nc4c(C)cccn4c3C)C(=O)C(=O)N2c2nc(C)c(C(=O)OC)s2)cc1OCC. The number of Topliss-reactive ketones (excluding diaryl/α,β-unsaturated/α-hetero) is 1. The van der Waals surface area contributed by atoms with Crippen molar-refractivity contribution >= 4 is 45.5 Å². The Kier molecular flexibility index (Phi) is 8.73. The van der Waals surface area contributed by atoms with Crippen LogP contribution in [0.4, 0.5) is 5.13 Å². The van der Waals surface area contributed by atoms with Crippen LogP contribution in [0.25, 0.3) is 11.4 Å². The van der Waals surface area contributed by atoms with Crippen LogP contribution in [0.2, 0.25) is 0 Å². The van der Waals surface area contributed by atoms with E-state index >= 15 is 0 Å². The molecule has 1 saturated heterocycles. The molecule has 44 heavy (non-hydrogen) atoms. The summed E-state index contributed by atoms with van der Waals surface area (Å²) in [7, 11) is 1.26. The summed E-state index contributed by atoms with van der Waals surface area (Å²) in [5.74, 6) is -1.89. The molecule has 1 aliphatic rings. The summed E-state index contributed by atoms with van der Waals surface area (Å²) in [6.07, 6.45) is 3.63. The van der Waals surface area contributed by atoms with Crippen molar-refractivity contribution in [2.75, 3.05) is 25.2 Å². The number of carbonyl (C=O) groups is 3. The quantitative estimate of drug-likeness (QED) is 0.0781. The third kappa shape index (κ3) is 5.30. The first kappa shape index (κ1) is 30.7. The van der Waals surface area contributed by atoms with Gasteiger partial charge in [-0.1, -0.05) is 36.8 Å². The number of carbonyl (C=O) groups excluding carboxylic acids is 3. The number of fused-ring (bicyclic) bond motifs is 1. The average molecular weight is 619 g/mol. The van der Waals surface area contributed by atoms with E-state index in [0.717, 1.165) is 29.7 Å². The predicted molar refractivity (Wildman–Crippen MR) is 166 cm³/mol. The molecule has 1 fully saturated rings. The van der Waals surface area contributed by atoms with Gasteiger partial charge in [-0.3, -0.25) is 14.5 Å². The van der Waals surface area contributed by atoms with Gasteiger partial charge in [0.1, 0.15) is 16.2 Å². The summed E-state index contributed by atoms with van der Waals surface area (Å²) in [5.41, 5.74) is 2.93. The van der Waals surface area contributed by atoms with E-state index in [1.165, 1.54) is 12.0 Å². The van der Waals surface area contributed by atoms with Gasteiger partial charge in [0, 0.05) is 6.20 Å². The normalized spacial score (nSPS) is 16.1. The minimum atomic E-state index is -1.11. The van der Waals surface area contributed by atoms with E-state index in [-0.39, 0.29) is 21.3 Å². The van der Waals surface area contributed by atoms with Crippen molar-refractivity contribution in [2.24, 2.45) is 0 Å². The standard InChI is InChI=1S/C32H34N4O7S/c1-7-9-15-43-21-13-12-20(16-22(21)42-8-2)25-23(26(37)24-19(5)35-14-10-11-17(3)29(35)34-24)27(38)30(39)36(25)32-33-18(4)28(44-32)31(40)41-6/h10-14,16,25,37H,7-9,15H2,1-6H3. The second-order valence-electron chi connectivity index (χ2n) is 10.3. The van der Waals surface area contributed by atoms with Crippen molar-refractivity contribution < 1.29 is 33.7 Å². The molecule has 1 aromatic carbocycles. The molecule has 0 radical (unpaired) electrons. The molecule has 1 atom stereocenters. The van der Waals surface area contributed by atoms with Gasteiger partial charge in [-0.25, -0.2) is 14.8 Å². The highest BCUT2D eigenvalue weighted by atomic mass is 32.1. The lowest BCUT2D eigenvalue weighted by Gasteiger charge is -2.24. The number of hydrogen-bond donors (Lipinski definition) is 1. The number of aliphatic hydroxyl groups excluding tert-OH is 1. The number of hydrogen-bond acceptors (Lipinski definition) is 10. The molecular formula is C32H34N4O7S. The van der Waals surface area contributed by atoms with Crippen molar-refractivity contribution in [1.29, 1.82) is 0 Å². The smallest absolute Gasteiger partial charge is 0.350 e. The first-order valence-corrected chi connectivity index (χ1v) is 15.1. The Morgan fingerprint density at radius 1 is 1.07 bits per heavy atom. The maximum absolute atomic E-state index is 13.8. The minimum Gasteiger partial charge on any atom is -0.505 e. The highest BCUT2D eigenvalue weighted by Gasteiger charge is 2.49. The lowest BCUT2D eigenvalue weighted by atomic mass is 9.96. The minimum absolute atomic E-state index is 0.109. The van der Waals surface area contributed by atoms with Gasteiger partial charge in [0.25, 0.3) is 5.78 Å². The molecule has 0 aliphatic carbocycles. The number of esters is 1. The van der Waals surface area contributed by atoms with Gasteiger partial charge >= 0.3 is 11.9 Å². The molecule has 0 saturated carbocycles. The summed E-state index contributed by atoms with van der Waals surface area (Å²) < 4.78 is 18.6. The van der Waals surface area contributed by atoms with Crippen molar-refractivity contribution in [3.63, 3.8) is 0 Å². The zero-order valence-corrected chi connectivity index (χ0v) is 26.3. The number of ketones is 1. The number of pyridine rings is 1. The highest BCUT2D eigenvalue weighted by Crippen LogP contribution is 2.46. The molecule has 3 aromatic heterocycles. The Bertz CT molecular complexity index is 1810. The number of ether oxygens (including phenoxy) is 3. The Hall–Kier alpha value is -4.71. The number of unbranched alkanes of at least 4 members (excludes halogenated alkanes) is 1. The maximum atomic E-state index is 13.8. The lowest BCUT2D eigenvalue weighted by molar-refractivity contribution is -0.132. The number of amides is 1. The van der Waals surface area contributed by atoms with Crippen LogP contribution in [-0.2, 0) is 14.3 Å². The van der Waals surface area contributed by atoms with E-state index in [1.54, 1.807) is 32.0 Å². The van der Waals surface area contributed by atoms with E-state index in [9.17, 15) is 19.5 Å². The number of methoxy groups -OCH3 is 1. The Morgan fingerprint density at radius 2 is 1.84 bits per heavy atom. The van der Waals surface area contributed by atoms with Crippen LogP contribution in [0.1, 0.15) is 70.6 Å². The molecule has 11 nitrogen and oxygen atoms in total. The van der Waals surface area contributed by atoms with Crippen LogP contribution in [0.15, 0.2) is 42.1 Å². The summed E-state index contributed by atoms with van der Waals surface area (Å²) in [4.78, 5) is 50.5. The number of aryl methyl sites for hydroxylation is 3. The molecule has 1 unspecified atom stereocenters. The van der Waals surface area contributed by atoms with Crippen LogP contribution in [0.5, 0.6) is 11.5 Å². The second-order valence-corrected chi connectivity index (χ2v) is 11.3. The van der Waals surface area contributed by atoms with Gasteiger partial charge in [-0.15, -0.1) is 0 Å². The van der Waals surface area contributed by atoms with Gasteiger partial charge < -0.3 is 23.7 Å². The number of nitrogens with zero attached hydrogens (tertiary/aromatic N) is 4. The van der Waals surface area contributed by atoms with E-state index in [2.05, 4.69) is 16.9 Å². The first-order chi connectivity index (χ1) is 21.1. The van der Waals surface area contributed by atoms with Gasteiger partial charge in [-0.2, -0.15) is 0 Å². The summed E-state index contributed by atoms with van der Waals surface area (Å²) >= 11 is 0.931. The number of rotatable bonds is 10. The van der Waals surface area contributed by atoms with Crippen LogP contribution >= 0.6 is 11.3 Å². The summed E-state index contributed by atoms with van der Waals surface area (Å²) in [5, 5.41) is 11.9. The largest absolute Gasteiger partial charge is 0.505 e. The molecule has 5 rings (SSSR count). The zero-order chi connectivity index (χ0) is 31.7. The van der Waals surface area contributed by atoms with Crippen LogP contribution in [0.3, 0.4) is 0 Å². The van der Waals surface area contributed by atoms with Gasteiger partial charge in [0.15, 0.2) is 22.4 Å². The molecule has 1 N–H and O–H groups in total. The molecule has 0 bridgehead atoms. The van der Waals surface area contributed by atoms with Gasteiger partial charge in [-0.05, 0) is 63.4 Å². The van der Waals surface area contributed by atoms with E-state index in [0.29, 0.717) is 47.3 Å². The molecule has 1 amide bonds. The topological polar surface area (TPSA) is 133 Å². The van der Waals surface area contributed by atoms with E-state index in [1.807, 2.05) is 36.6 Å². The number of imidazole rings is 1. The second kappa shape index (κ2) is 12.5. The fourth-order valence-electron chi connectivity index (χ4n) is 5.20. The van der Waals surface area contributed by atoms with E-state index < -0.39 is 29.5 Å². The fraction of sp³-hybridized carbons (Fsp3) is 0.344. The average Bonchev–Trinajstić information content (AvgIpc) is 3.65. The lowest BCUT2D eigenvalue weighted by Crippen LogP contribution is -2.29. The first-order valence-electron chi connectivity index (χ1n) is 14.3. The Morgan fingerprint density at radius 3 is 2.52 bits per heavy atom. The Labute approximate surface area is 258 Å². The van der Waals surface area contributed by atoms with Gasteiger partial charge in [0.05, 0.1) is 43.3 Å². The summed E-state index contributed by atoms with van der Waals surface area (Å²) in [6.45, 7) is 10.1. The molecule has 230 valence electrons. The van der Waals surface area contributed by atoms with Crippen molar-refractivity contribution in [1.82, 2.24) is 14.4 Å². The molecule has 4 aromatic rings. The third-order valence-electron chi connectivity index (χ3n) is 7.45. The molecule has 4 heterocycles. The van der Waals surface area contributed by atoms with Crippen LogP contribution in [-0.4, -0.2) is 57.5 Å². The number of aromatic nitrogens is 3. The Balaban J connectivity index is 1.74. The monoisotopic (exact) mass is 618 g/mol. The molecule has 0 spiro atoms. The molecule has 1 aliphatic heterocycles. The maximum Gasteiger partial charge on any atom is 0.350 e. The van der Waals surface area contributed by atoms with Crippen molar-refractivity contribution in [3.8, 4) is 11.5 Å².